The van der Waals surface area contributed by atoms with Crippen LogP contribution in [-0.4, -0.2) is 37.0 Å². The van der Waals surface area contributed by atoms with Crippen LogP contribution in [0.5, 0.6) is 0 Å². The largest absolute Gasteiger partial charge is 0.342 e. The number of amides is 1. The smallest absolute Gasteiger partial charge is 0.230 e. The van der Waals surface area contributed by atoms with Crippen LogP contribution < -0.4 is 5.32 Å². The lowest BCUT2D eigenvalue weighted by Crippen LogP contribution is -2.51. The molecule has 0 radical (unpaired) electrons. The number of rotatable bonds is 2. The summed E-state index contributed by atoms with van der Waals surface area (Å²) in [7, 11) is 2.05. The minimum atomic E-state index is -0.0460. The van der Waals surface area contributed by atoms with E-state index in [-0.39, 0.29) is 17.8 Å². The molecule has 0 aromatic heterocycles. The van der Waals surface area contributed by atoms with Gasteiger partial charge >= 0.3 is 0 Å². The Kier molecular flexibility index (Phi) is 4.78. The van der Waals surface area contributed by atoms with E-state index in [0.29, 0.717) is 17.9 Å². The van der Waals surface area contributed by atoms with Gasteiger partial charge in [0.1, 0.15) is 0 Å². The molecule has 1 aliphatic heterocycles. The van der Waals surface area contributed by atoms with Gasteiger partial charge in [0, 0.05) is 19.6 Å². The second-order valence-electron chi connectivity index (χ2n) is 6.58. The summed E-state index contributed by atoms with van der Waals surface area (Å²) in [6.45, 7) is 1.98. The Morgan fingerprint density at radius 3 is 2.58 bits per heavy atom. The van der Waals surface area contributed by atoms with Gasteiger partial charge in [-0.1, -0.05) is 25.7 Å². The van der Waals surface area contributed by atoms with E-state index in [1.165, 1.54) is 44.9 Å². The predicted molar refractivity (Wildman–Crippen MR) is 79.5 cm³/mol. The Morgan fingerprint density at radius 1 is 1.16 bits per heavy atom. The molecule has 1 heterocycles. The number of nitrogens with one attached hydrogen (secondary N) is 1. The molecule has 0 spiro atoms. The summed E-state index contributed by atoms with van der Waals surface area (Å²) in [5, 5.41) is 3.48. The molecule has 2 atom stereocenters. The van der Waals surface area contributed by atoms with Gasteiger partial charge in [0.15, 0.2) is 0 Å². The molecule has 0 unspecified atom stereocenters. The van der Waals surface area contributed by atoms with Gasteiger partial charge < -0.3 is 10.2 Å². The summed E-state index contributed by atoms with van der Waals surface area (Å²) >= 11 is 0. The summed E-state index contributed by atoms with van der Waals surface area (Å²) < 4.78 is 0. The lowest BCUT2D eigenvalue weighted by Gasteiger charge is -2.41. The first-order valence-corrected chi connectivity index (χ1v) is 7.72. The molecule has 2 saturated carbocycles. The standard InChI is InChI=1S/C15H26N2O.ClH/c1-17(13-7-2-3-8-13)14(18)15-9-5-4-6-12(15)10-16-11-15;/h12-13,16H,2-11H2,1H3;1H/t12-,15+;/m0./s1. The Balaban J connectivity index is 0.00000133. The zero-order valence-corrected chi connectivity index (χ0v) is 12.8. The van der Waals surface area contributed by atoms with Gasteiger partial charge in [0.2, 0.25) is 5.91 Å². The first kappa shape index (κ1) is 15.1. The van der Waals surface area contributed by atoms with Gasteiger partial charge in [-0.05, 0) is 38.1 Å². The fraction of sp³-hybridized carbons (Fsp3) is 0.933. The summed E-state index contributed by atoms with van der Waals surface area (Å²) in [5.74, 6) is 1.05. The Morgan fingerprint density at radius 2 is 1.84 bits per heavy atom. The second-order valence-corrected chi connectivity index (χ2v) is 6.58. The highest BCUT2D eigenvalue weighted by Gasteiger charge is 2.51. The SMILES string of the molecule is CN(C(=O)[C@@]12CCCC[C@H]1CNC2)C1CCCC1.Cl. The van der Waals surface area contributed by atoms with Crippen LogP contribution in [0.25, 0.3) is 0 Å². The van der Waals surface area contributed by atoms with E-state index in [2.05, 4.69) is 17.3 Å². The number of carbonyl (C=O) groups is 1. The molecule has 2 aliphatic carbocycles. The fourth-order valence-electron chi connectivity index (χ4n) is 4.48. The molecule has 3 nitrogen and oxygen atoms in total. The molecule has 1 N–H and O–H groups in total. The highest BCUT2D eigenvalue weighted by molar-refractivity contribution is 5.85. The van der Waals surface area contributed by atoms with E-state index >= 15 is 0 Å². The van der Waals surface area contributed by atoms with E-state index in [1.807, 2.05) is 0 Å². The van der Waals surface area contributed by atoms with Crippen molar-refractivity contribution in [3.05, 3.63) is 0 Å². The molecular formula is C15H27ClN2O. The van der Waals surface area contributed by atoms with Gasteiger partial charge in [-0.25, -0.2) is 0 Å². The topological polar surface area (TPSA) is 32.3 Å². The first-order chi connectivity index (χ1) is 8.74. The van der Waals surface area contributed by atoms with Crippen molar-refractivity contribution >= 4 is 18.3 Å². The van der Waals surface area contributed by atoms with Crippen molar-refractivity contribution in [1.82, 2.24) is 10.2 Å². The maximum atomic E-state index is 13.0. The van der Waals surface area contributed by atoms with Crippen LogP contribution in [0, 0.1) is 11.3 Å². The molecule has 1 amide bonds. The van der Waals surface area contributed by atoms with Crippen LogP contribution in [0.15, 0.2) is 0 Å². The summed E-state index contributed by atoms with van der Waals surface area (Å²) in [4.78, 5) is 15.1. The maximum Gasteiger partial charge on any atom is 0.230 e. The monoisotopic (exact) mass is 286 g/mol. The minimum Gasteiger partial charge on any atom is -0.342 e. The van der Waals surface area contributed by atoms with E-state index in [4.69, 9.17) is 0 Å². The second kappa shape index (κ2) is 6.01. The van der Waals surface area contributed by atoms with E-state index in [9.17, 15) is 4.79 Å². The van der Waals surface area contributed by atoms with Crippen LogP contribution in [0.3, 0.4) is 0 Å². The lowest BCUT2D eigenvalue weighted by atomic mass is 9.67. The Bertz CT molecular complexity index is 330. The third-order valence-electron chi connectivity index (χ3n) is 5.66. The van der Waals surface area contributed by atoms with Crippen molar-refractivity contribution in [3.8, 4) is 0 Å². The molecule has 0 aromatic rings. The molecule has 4 heteroatoms. The number of hydrogen-bond donors (Lipinski definition) is 1. The Labute approximate surface area is 122 Å². The molecule has 1 saturated heterocycles. The van der Waals surface area contributed by atoms with Crippen molar-refractivity contribution in [2.24, 2.45) is 11.3 Å². The number of halogens is 1. The fourth-order valence-corrected chi connectivity index (χ4v) is 4.48. The van der Waals surface area contributed by atoms with Gasteiger partial charge in [0.25, 0.3) is 0 Å². The number of fused-ring (bicyclic) bond motifs is 1. The van der Waals surface area contributed by atoms with Crippen LogP contribution >= 0.6 is 12.4 Å². The summed E-state index contributed by atoms with van der Waals surface area (Å²) in [5.41, 5.74) is -0.0460. The maximum absolute atomic E-state index is 13.0. The minimum absolute atomic E-state index is 0. The molecule has 0 bridgehead atoms. The van der Waals surface area contributed by atoms with Crippen molar-refractivity contribution < 1.29 is 4.79 Å². The van der Waals surface area contributed by atoms with Crippen molar-refractivity contribution in [2.75, 3.05) is 20.1 Å². The molecule has 19 heavy (non-hydrogen) atoms. The van der Waals surface area contributed by atoms with Crippen LogP contribution in [0.4, 0.5) is 0 Å². The molecule has 3 fully saturated rings. The predicted octanol–water partition coefficient (Wildman–Crippen LogP) is 2.59. The Hall–Kier alpha value is -0.280. The quantitative estimate of drug-likeness (QED) is 0.846. The number of carbonyl (C=O) groups excluding carboxylic acids is 1. The zero-order valence-electron chi connectivity index (χ0n) is 12.0. The van der Waals surface area contributed by atoms with Crippen LogP contribution in [0.1, 0.15) is 51.4 Å². The van der Waals surface area contributed by atoms with Gasteiger partial charge in [-0.2, -0.15) is 0 Å². The molecule has 3 aliphatic rings. The zero-order chi connectivity index (χ0) is 12.6. The van der Waals surface area contributed by atoms with Crippen LogP contribution in [0.2, 0.25) is 0 Å². The van der Waals surface area contributed by atoms with E-state index < -0.39 is 0 Å². The average Bonchev–Trinajstić information content (AvgIpc) is 3.06. The van der Waals surface area contributed by atoms with Gasteiger partial charge in [-0.15, -0.1) is 12.4 Å². The third kappa shape index (κ3) is 2.52. The van der Waals surface area contributed by atoms with E-state index in [0.717, 1.165) is 19.5 Å². The van der Waals surface area contributed by atoms with Crippen molar-refractivity contribution in [3.63, 3.8) is 0 Å². The third-order valence-corrected chi connectivity index (χ3v) is 5.66. The van der Waals surface area contributed by atoms with Crippen molar-refractivity contribution in [2.45, 2.75) is 57.4 Å². The summed E-state index contributed by atoms with van der Waals surface area (Å²) in [6.07, 6.45) is 9.95. The highest BCUT2D eigenvalue weighted by Crippen LogP contribution is 2.45. The average molecular weight is 287 g/mol. The van der Waals surface area contributed by atoms with Crippen molar-refractivity contribution in [1.29, 1.82) is 0 Å². The normalized spacial score (nSPS) is 34.7. The highest BCUT2D eigenvalue weighted by atomic mass is 35.5. The van der Waals surface area contributed by atoms with Gasteiger partial charge in [-0.3, -0.25) is 4.79 Å². The molecule has 3 rings (SSSR count). The van der Waals surface area contributed by atoms with Crippen LogP contribution in [-0.2, 0) is 4.79 Å². The molecule has 0 aromatic carbocycles. The molecule has 110 valence electrons. The molecular weight excluding hydrogens is 260 g/mol. The number of nitrogens with zero attached hydrogens (tertiary/aromatic N) is 1. The summed E-state index contributed by atoms with van der Waals surface area (Å²) in [6, 6.07) is 0.523. The lowest BCUT2D eigenvalue weighted by molar-refractivity contribution is -0.146. The van der Waals surface area contributed by atoms with Gasteiger partial charge in [0.05, 0.1) is 5.41 Å². The number of hydrogen-bond acceptors (Lipinski definition) is 2. The van der Waals surface area contributed by atoms with E-state index in [1.54, 1.807) is 0 Å². The first-order valence-electron chi connectivity index (χ1n) is 7.72.